The molecular formula is C22H22N4O3. The van der Waals surface area contributed by atoms with Crippen LogP contribution in [0.1, 0.15) is 23.9 Å². The molecule has 0 saturated carbocycles. The third-order valence-corrected chi connectivity index (χ3v) is 3.95. The molecule has 0 aliphatic heterocycles. The van der Waals surface area contributed by atoms with Gasteiger partial charge in [-0.25, -0.2) is 9.97 Å². The maximum atomic E-state index is 12.3. The molecule has 1 aromatic heterocycles. The number of anilines is 2. The van der Waals surface area contributed by atoms with E-state index in [0.717, 1.165) is 17.0 Å². The maximum absolute atomic E-state index is 12.3. The van der Waals surface area contributed by atoms with Gasteiger partial charge in [0.2, 0.25) is 11.8 Å². The van der Waals surface area contributed by atoms with Crippen LogP contribution in [-0.4, -0.2) is 21.8 Å². The van der Waals surface area contributed by atoms with E-state index in [1.165, 1.54) is 6.92 Å². The Bertz CT molecular complexity index is 995. The molecule has 0 radical (unpaired) electrons. The second-order valence-corrected chi connectivity index (χ2v) is 6.66. The summed E-state index contributed by atoms with van der Waals surface area (Å²) in [5.74, 6) is 0.317. The fraction of sp³-hybridized carbons (Fsp3) is 0.182. The Balaban J connectivity index is 1.56. The molecule has 148 valence electrons. The van der Waals surface area contributed by atoms with Crippen molar-refractivity contribution in [3.8, 4) is 11.8 Å². The van der Waals surface area contributed by atoms with E-state index in [9.17, 15) is 9.59 Å². The summed E-state index contributed by atoms with van der Waals surface area (Å²) >= 11 is 0. The van der Waals surface area contributed by atoms with Crippen LogP contribution >= 0.6 is 0 Å². The Kier molecular flexibility index (Phi) is 6.19. The van der Waals surface area contributed by atoms with Crippen molar-refractivity contribution in [3.63, 3.8) is 0 Å². The smallest absolute Gasteiger partial charge is 0.322 e. The largest absolute Gasteiger partial charge is 0.424 e. The van der Waals surface area contributed by atoms with Gasteiger partial charge in [-0.2, -0.15) is 0 Å². The third-order valence-electron chi connectivity index (χ3n) is 3.95. The second kappa shape index (κ2) is 8.97. The quantitative estimate of drug-likeness (QED) is 0.663. The highest BCUT2D eigenvalue weighted by Gasteiger charge is 2.07. The number of carbonyl (C=O) groups excluding carboxylic acids is 2. The van der Waals surface area contributed by atoms with Crippen molar-refractivity contribution in [2.24, 2.45) is 0 Å². The summed E-state index contributed by atoms with van der Waals surface area (Å²) in [6.07, 6.45) is 0.231. The maximum Gasteiger partial charge on any atom is 0.322 e. The summed E-state index contributed by atoms with van der Waals surface area (Å²) in [7, 11) is 0. The van der Waals surface area contributed by atoms with Crippen molar-refractivity contribution in [3.05, 3.63) is 71.5 Å². The summed E-state index contributed by atoms with van der Waals surface area (Å²) in [5, 5.41) is 5.54. The van der Waals surface area contributed by atoms with Crippen molar-refractivity contribution in [1.29, 1.82) is 0 Å². The highest BCUT2D eigenvalue weighted by Crippen LogP contribution is 2.21. The zero-order chi connectivity index (χ0) is 20.8. The molecule has 3 rings (SSSR count). The average molecular weight is 390 g/mol. The van der Waals surface area contributed by atoms with Gasteiger partial charge in [0, 0.05) is 29.7 Å². The Morgan fingerprint density at radius 2 is 1.41 bits per heavy atom. The van der Waals surface area contributed by atoms with Crippen molar-refractivity contribution in [2.75, 3.05) is 10.6 Å². The highest BCUT2D eigenvalue weighted by atomic mass is 16.5. The molecule has 3 aromatic rings. The van der Waals surface area contributed by atoms with E-state index in [2.05, 4.69) is 20.6 Å². The van der Waals surface area contributed by atoms with Crippen LogP contribution in [0.3, 0.4) is 0 Å². The first-order valence-corrected chi connectivity index (χ1v) is 9.14. The zero-order valence-corrected chi connectivity index (χ0v) is 16.5. The van der Waals surface area contributed by atoms with Crippen LogP contribution in [0.15, 0.2) is 54.6 Å². The number of benzene rings is 2. The van der Waals surface area contributed by atoms with Gasteiger partial charge in [0.1, 0.15) is 5.75 Å². The predicted octanol–water partition coefficient (Wildman–Crippen LogP) is 4.03. The van der Waals surface area contributed by atoms with Gasteiger partial charge in [0.25, 0.3) is 0 Å². The van der Waals surface area contributed by atoms with Gasteiger partial charge in [-0.15, -0.1) is 0 Å². The minimum Gasteiger partial charge on any atom is -0.424 e. The Morgan fingerprint density at radius 1 is 0.862 bits per heavy atom. The lowest BCUT2D eigenvalue weighted by Crippen LogP contribution is -2.14. The first-order chi connectivity index (χ1) is 13.9. The molecule has 0 atom stereocenters. The lowest BCUT2D eigenvalue weighted by molar-refractivity contribution is -0.116. The van der Waals surface area contributed by atoms with Crippen LogP contribution < -0.4 is 15.4 Å². The summed E-state index contributed by atoms with van der Waals surface area (Å²) in [6, 6.07) is 16.3. The molecule has 0 aliphatic carbocycles. The minimum atomic E-state index is -0.136. The summed E-state index contributed by atoms with van der Waals surface area (Å²) in [6.45, 7) is 5.22. The summed E-state index contributed by atoms with van der Waals surface area (Å²) in [5.41, 5.74) is 3.88. The lowest BCUT2D eigenvalue weighted by atomic mass is 10.1. The van der Waals surface area contributed by atoms with Crippen LogP contribution in [0.25, 0.3) is 0 Å². The molecule has 0 fully saturated rings. The van der Waals surface area contributed by atoms with Crippen molar-refractivity contribution in [1.82, 2.24) is 9.97 Å². The Hall–Kier alpha value is -3.74. The van der Waals surface area contributed by atoms with E-state index < -0.39 is 0 Å². The number of rotatable bonds is 6. The van der Waals surface area contributed by atoms with Gasteiger partial charge >= 0.3 is 6.01 Å². The van der Waals surface area contributed by atoms with Crippen LogP contribution in [0.2, 0.25) is 0 Å². The van der Waals surface area contributed by atoms with Gasteiger partial charge in [-0.3, -0.25) is 9.59 Å². The predicted molar refractivity (Wildman–Crippen MR) is 111 cm³/mol. The zero-order valence-electron chi connectivity index (χ0n) is 16.5. The van der Waals surface area contributed by atoms with Crippen LogP contribution in [0.4, 0.5) is 11.4 Å². The Labute approximate surface area is 169 Å². The molecule has 0 unspecified atom stereocenters. The fourth-order valence-electron chi connectivity index (χ4n) is 2.75. The number of nitrogens with one attached hydrogen (secondary N) is 2. The molecule has 1 heterocycles. The van der Waals surface area contributed by atoms with Gasteiger partial charge < -0.3 is 15.4 Å². The minimum absolute atomic E-state index is 0.132. The first kappa shape index (κ1) is 20.0. The number of hydrogen-bond donors (Lipinski definition) is 2. The number of aryl methyl sites for hydroxylation is 2. The number of amides is 2. The normalized spacial score (nSPS) is 10.3. The number of ether oxygens (including phenoxy) is 1. The van der Waals surface area contributed by atoms with E-state index in [4.69, 9.17) is 4.74 Å². The van der Waals surface area contributed by atoms with Gasteiger partial charge in [-0.1, -0.05) is 12.1 Å². The molecule has 7 heteroatoms. The van der Waals surface area contributed by atoms with Gasteiger partial charge in [0.05, 0.1) is 6.42 Å². The molecule has 7 nitrogen and oxygen atoms in total. The van der Waals surface area contributed by atoms with E-state index in [1.54, 1.807) is 36.4 Å². The molecular weight excluding hydrogens is 368 g/mol. The molecule has 2 aromatic carbocycles. The number of nitrogens with zero attached hydrogens (tertiary/aromatic N) is 2. The van der Waals surface area contributed by atoms with Crippen LogP contribution in [0, 0.1) is 13.8 Å². The van der Waals surface area contributed by atoms with Crippen molar-refractivity contribution >= 4 is 23.2 Å². The van der Waals surface area contributed by atoms with E-state index in [-0.39, 0.29) is 18.2 Å². The van der Waals surface area contributed by atoms with E-state index >= 15 is 0 Å². The monoisotopic (exact) mass is 390 g/mol. The molecule has 0 aliphatic rings. The third kappa shape index (κ3) is 6.14. The van der Waals surface area contributed by atoms with Crippen molar-refractivity contribution in [2.45, 2.75) is 27.2 Å². The topological polar surface area (TPSA) is 93.2 Å². The summed E-state index contributed by atoms with van der Waals surface area (Å²) in [4.78, 5) is 31.8. The summed E-state index contributed by atoms with van der Waals surface area (Å²) < 4.78 is 5.67. The molecule has 29 heavy (non-hydrogen) atoms. The Morgan fingerprint density at radius 3 is 2.00 bits per heavy atom. The molecule has 0 spiro atoms. The van der Waals surface area contributed by atoms with Crippen LogP contribution in [-0.2, 0) is 16.0 Å². The molecule has 0 saturated heterocycles. The van der Waals surface area contributed by atoms with E-state index in [0.29, 0.717) is 23.1 Å². The molecule has 2 N–H and O–H groups in total. The molecule has 2 amide bonds. The second-order valence-electron chi connectivity index (χ2n) is 6.66. The number of carbonyl (C=O) groups is 2. The average Bonchev–Trinajstić information content (AvgIpc) is 2.64. The number of hydrogen-bond acceptors (Lipinski definition) is 5. The lowest BCUT2D eigenvalue weighted by Gasteiger charge is -2.08. The van der Waals surface area contributed by atoms with Crippen molar-refractivity contribution < 1.29 is 14.3 Å². The van der Waals surface area contributed by atoms with Crippen LogP contribution in [0.5, 0.6) is 11.8 Å². The van der Waals surface area contributed by atoms with Gasteiger partial charge in [0.15, 0.2) is 0 Å². The first-order valence-electron chi connectivity index (χ1n) is 9.14. The fourth-order valence-corrected chi connectivity index (χ4v) is 2.75. The SMILES string of the molecule is CC(=O)Nc1ccc(CC(=O)Nc2ccc(Oc3nc(C)cc(C)n3)cc2)cc1. The van der Waals surface area contributed by atoms with E-state index in [1.807, 2.05) is 32.0 Å². The highest BCUT2D eigenvalue weighted by molar-refractivity contribution is 5.92. The number of aromatic nitrogens is 2. The van der Waals surface area contributed by atoms with Gasteiger partial charge in [-0.05, 0) is 61.9 Å². The molecule has 0 bridgehead atoms. The standard InChI is InChI=1S/C22H22N4O3/c1-14-12-15(2)24-22(23-14)29-20-10-8-19(9-11-20)26-21(28)13-17-4-6-18(7-5-17)25-16(3)27/h4-12H,13H2,1-3H3,(H,25,27)(H,26,28).